The summed E-state index contributed by atoms with van der Waals surface area (Å²) in [5, 5.41) is 10.2. The number of carbonyl (C=O) groups excluding carboxylic acids is 1. The van der Waals surface area contributed by atoms with Crippen LogP contribution in [-0.2, 0) is 21.2 Å². The number of carboxylic acids is 1. The van der Waals surface area contributed by atoms with Gasteiger partial charge >= 0.3 is 5.97 Å². The van der Waals surface area contributed by atoms with E-state index >= 15 is 0 Å². The number of carbonyl (C=O) groups is 2. The van der Waals surface area contributed by atoms with Crippen LogP contribution in [0, 0.1) is 12.7 Å². The maximum atomic E-state index is 13.9. The number of rotatable bonds is 4. The minimum absolute atomic E-state index is 0.185. The van der Waals surface area contributed by atoms with Gasteiger partial charge in [0.05, 0.1) is 18.2 Å². The number of benzene rings is 2. The highest BCUT2D eigenvalue weighted by Crippen LogP contribution is 2.29. The largest absolute Gasteiger partial charge is 0.481 e. The van der Waals surface area contributed by atoms with Crippen molar-refractivity contribution >= 4 is 32.7 Å². The number of fused-ring (bicyclic) bond motifs is 1. The summed E-state index contributed by atoms with van der Waals surface area (Å²) >= 11 is 0. The molecule has 0 spiro atoms. The standard InChI is InChI=1S/C19H21FN2O5S/c1-12-14(10-17(23)24)9-13-3-4-15(20)11-16(13)18(12)19(25)21-5-7-22(8-6-21)28(2,26)27/h3-4,9,11H,5-8,10H2,1-2H3,(H,23,24). The molecule has 0 bridgehead atoms. The molecule has 0 atom stereocenters. The summed E-state index contributed by atoms with van der Waals surface area (Å²) in [6, 6.07) is 5.72. The molecule has 9 heteroatoms. The van der Waals surface area contributed by atoms with Crippen LogP contribution in [0.1, 0.15) is 21.5 Å². The second-order valence-corrected chi connectivity index (χ2v) is 8.91. The quantitative estimate of drug-likeness (QED) is 0.830. The van der Waals surface area contributed by atoms with Gasteiger partial charge in [-0.05, 0) is 41.0 Å². The average molecular weight is 408 g/mol. The summed E-state index contributed by atoms with van der Waals surface area (Å²) in [6.07, 6.45) is 0.877. The van der Waals surface area contributed by atoms with Gasteiger partial charge in [-0.3, -0.25) is 9.59 Å². The van der Waals surface area contributed by atoms with Crippen molar-refractivity contribution in [1.29, 1.82) is 0 Å². The van der Waals surface area contributed by atoms with E-state index in [-0.39, 0.29) is 44.1 Å². The van der Waals surface area contributed by atoms with E-state index in [4.69, 9.17) is 0 Å². The van der Waals surface area contributed by atoms with Crippen molar-refractivity contribution in [1.82, 2.24) is 9.21 Å². The van der Waals surface area contributed by atoms with E-state index in [0.29, 0.717) is 21.9 Å². The molecule has 1 aliphatic rings. The van der Waals surface area contributed by atoms with E-state index in [1.807, 2.05) is 0 Å². The van der Waals surface area contributed by atoms with Crippen molar-refractivity contribution < 1.29 is 27.5 Å². The molecule has 2 aromatic carbocycles. The number of hydrogen-bond donors (Lipinski definition) is 1. The van der Waals surface area contributed by atoms with Crippen LogP contribution in [0.15, 0.2) is 24.3 Å². The molecule has 1 aliphatic heterocycles. The lowest BCUT2D eigenvalue weighted by molar-refractivity contribution is -0.136. The lowest BCUT2D eigenvalue weighted by atomic mass is 9.92. The van der Waals surface area contributed by atoms with Gasteiger partial charge < -0.3 is 10.0 Å². The topological polar surface area (TPSA) is 95.0 Å². The second-order valence-electron chi connectivity index (χ2n) is 6.93. The van der Waals surface area contributed by atoms with E-state index in [0.717, 1.165) is 6.26 Å². The Balaban J connectivity index is 2.03. The Morgan fingerprint density at radius 3 is 2.36 bits per heavy atom. The van der Waals surface area contributed by atoms with Crippen molar-refractivity contribution in [2.75, 3.05) is 32.4 Å². The Hall–Kier alpha value is -2.52. The van der Waals surface area contributed by atoms with Gasteiger partial charge in [-0.1, -0.05) is 12.1 Å². The van der Waals surface area contributed by atoms with Gasteiger partial charge in [0, 0.05) is 26.2 Å². The van der Waals surface area contributed by atoms with Crippen molar-refractivity contribution in [3.63, 3.8) is 0 Å². The number of hydrogen-bond acceptors (Lipinski definition) is 4. The number of halogens is 1. The van der Waals surface area contributed by atoms with Gasteiger partial charge in [0.2, 0.25) is 10.0 Å². The number of nitrogens with zero attached hydrogens (tertiary/aromatic N) is 2. The van der Waals surface area contributed by atoms with Crippen LogP contribution in [0.25, 0.3) is 10.8 Å². The number of amides is 1. The minimum Gasteiger partial charge on any atom is -0.481 e. The molecule has 1 saturated heterocycles. The SMILES string of the molecule is Cc1c(CC(=O)O)cc2ccc(F)cc2c1C(=O)N1CCN(S(C)(=O)=O)CC1. The summed E-state index contributed by atoms with van der Waals surface area (Å²) in [6.45, 7) is 2.45. The van der Waals surface area contributed by atoms with Gasteiger partial charge in [-0.15, -0.1) is 0 Å². The molecule has 1 heterocycles. The molecule has 0 aromatic heterocycles. The second kappa shape index (κ2) is 7.48. The number of aliphatic carboxylic acids is 1. The average Bonchev–Trinajstić information content (AvgIpc) is 2.61. The van der Waals surface area contributed by atoms with Crippen molar-refractivity contribution in [2.24, 2.45) is 0 Å². The minimum atomic E-state index is -3.33. The van der Waals surface area contributed by atoms with Gasteiger partial charge in [0.1, 0.15) is 5.82 Å². The zero-order valence-corrected chi connectivity index (χ0v) is 16.4. The van der Waals surface area contributed by atoms with Crippen molar-refractivity contribution in [3.8, 4) is 0 Å². The molecule has 28 heavy (non-hydrogen) atoms. The number of sulfonamides is 1. The van der Waals surface area contributed by atoms with Gasteiger partial charge in [-0.2, -0.15) is 4.31 Å². The molecular formula is C19H21FN2O5S. The molecule has 150 valence electrons. The summed E-state index contributed by atoms with van der Waals surface area (Å²) in [5.41, 5.74) is 1.25. The predicted octanol–water partition coefficient (Wildman–Crippen LogP) is 1.63. The van der Waals surface area contributed by atoms with Gasteiger partial charge in [0.15, 0.2) is 0 Å². The third-order valence-electron chi connectivity index (χ3n) is 5.02. The molecule has 1 N–H and O–H groups in total. The molecule has 7 nitrogen and oxygen atoms in total. The van der Waals surface area contributed by atoms with E-state index in [2.05, 4.69) is 0 Å². The van der Waals surface area contributed by atoms with Crippen molar-refractivity contribution in [2.45, 2.75) is 13.3 Å². The zero-order chi connectivity index (χ0) is 20.6. The molecule has 0 aliphatic carbocycles. The molecule has 1 fully saturated rings. The Labute approximate surface area is 162 Å². The van der Waals surface area contributed by atoms with E-state index in [9.17, 15) is 27.5 Å². The van der Waals surface area contributed by atoms with E-state index in [1.54, 1.807) is 13.0 Å². The molecule has 0 unspecified atom stereocenters. The molecular weight excluding hydrogens is 387 g/mol. The lowest BCUT2D eigenvalue weighted by Crippen LogP contribution is -2.50. The Bertz CT molecular complexity index is 1060. The smallest absolute Gasteiger partial charge is 0.307 e. The summed E-state index contributed by atoms with van der Waals surface area (Å²) in [4.78, 5) is 26.0. The van der Waals surface area contributed by atoms with Crippen LogP contribution in [0.2, 0.25) is 0 Å². The lowest BCUT2D eigenvalue weighted by Gasteiger charge is -2.34. The molecule has 0 radical (unpaired) electrons. The van der Waals surface area contributed by atoms with Gasteiger partial charge in [0.25, 0.3) is 5.91 Å². The maximum absolute atomic E-state index is 13.9. The van der Waals surface area contributed by atoms with Crippen LogP contribution >= 0.6 is 0 Å². The third-order valence-corrected chi connectivity index (χ3v) is 6.32. The Morgan fingerprint density at radius 2 is 1.79 bits per heavy atom. The van der Waals surface area contributed by atoms with Crippen LogP contribution in [0.5, 0.6) is 0 Å². The Kier molecular flexibility index (Phi) is 5.40. The number of carboxylic acid groups (broad SMARTS) is 1. The molecule has 0 saturated carbocycles. The third kappa shape index (κ3) is 4.00. The first-order valence-corrected chi connectivity index (χ1v) is 10.6. The maximum Gasteiger partial charge on any atom is 0.307 e. The first kappa shape index (κ1) is 20.2. The van der Waals surface area contributed by atoms with Crippen LogP contribution in [-0.4, -0.2) is 67.0 Å². The fraction of sp³-hybridized carbons (Fsp3) is 0.368. The monoisotopic (exact) mass is 408 g/mol. The summed E-state index contributed by atoms with van der Waals surface area (Å²) < 4.78 is 38.5. The van der Waals surface area contributed by atoms with E-state index in [1.165, 1.54) is 27.4 Å². The highest BCUT2D eigenvalue weighted by molar-refractivity contribution is 7.88. The van der Waals surface area contributed by atoms with E-state index < -0.39 is 21.8 Å². The molecule has 1 amide bonds. The fourth-order valence-corrected chi connectivity index (χ4v) is 4.36. The van der Waals surface area contributed by atoms with Crippen LogP contribution in [0.4, 0.5) is 4.39 Å². The van der Waals surface area contributed by atoms with Crippen LogP contribution < -0.4 is 0 Å². The highest BCUT2D eigenvalue weighted by Gasteiger charge is 2.29. The zero-order valence-electron chi connectivity index (χ0n) is 15.6. The fourth-order valence-electron chi connectivity index (χ4n) is 3.53. The Morgan fingerprint density at radius 1 is 1.14 bits per heavy atom. The highest BCUT2D eigenvalue weighted by atomic mass is 32.2. The normalized spacial score (nSPS) is 15.8. The predicted molar refractivity (Wildman–Crippen MR) is 102 cm³/mol. The van der Waals surface area contributed by atoms with Crippen LogP contribution in [0.3, 0.4) is 0 Å². The first-order valence-electron chi connectivity index (χ1n) is 8.76. The summed E-state index contributed by atoms with van der Waals surface area (Å²) in [7, 11) is -3.33. The molecule has 3 rings (SSSR count). The summed E-state index contributed by atoms with van der Waals surface area (Å²) in [5.74, 6) is -1.87. The van der Waals surface area contributed by atoms with Crippen molar-refractivity contribution in [3.05, 3.63) is 46.8 Å². The number of piperazine rings is 1. The molecule has 2 aromatic rings. The van der Waals surface area contributed by atoms with Gasteiger partial charge in [-0.25, -0.2) is 12.8 Å². The first-order chi connectivity index (χ1) is 13.1.